The van der Waals surface area contributed by atoms with Gasteiger partial charge in [-0.1, -0.05) is 29.8 Å². The highest BCUT2D eigenvalue weighted by atomic mass is 35.5. The van der Waals surface area contributed by atoms with E-state index in [1.165, 1.54) is 7.11 Å². The van der Waals surface area contributed by atoms with Gasteiger partial charge in [0.05, 0.1) is 24.6 Å². The third-order valence-corrected chi connectivity index (χ3v) is 3.24. The molecule has 0 spiro atoms. The molecule has 0 radical (unpaired) electrons. The summed E-state index contributed by atoms with van der Waals surface area (Å²) in [5.74, 6) is 0.265. The van der Waals surface area contributed by atoms with Crippen molar-refractivity contribution < 1.29 is 9.53 Å². The molecule has 0 aliphatic heterocycles. The molecule has 2 aromatic rings. The molecule has 106 valence electrons. The van der Waals surface area contributed by atoms with E-state index in [-0.39, 0.29) is 12.3 Å². The number of carbonyl (C=O) groups is 1. The van der Waals surface area contributed by atoms with Crippen molar-refractivity contribution >= 4 is 23.2 Å². The minimum absolute atomic E-state index is 0.187. The Hall–Kier alpha value is -2.51. The van der Waals surface area contributed by atoms with Crippen LogP contribution >= 0.6 is 11.6 Å². The molecular weight excluding hydrogens is 288 g/mol. The average molecular weight is 301 g/mol. The smallest absolute Gasteiger partial charge is 0.255 e. The normalized spacial score (nSPS) is 9.76. The van der Waals surface area contributed by atoms with Crippen LogP contribution in [0.3, 0.4) is 0 Å². The second-order valence-electron chi connectivity index (χ2n) is 4.30. The number of halogens is 1. The second kappa shape index (κ2) is 6.78. The van der Waals surface area contributed by atoms with Gasteiger partial charge in [-0.15, -0.1) is 0 Å². The van der Waals surface area contributed by atoms with E-state index in [0.29, 0.717) is 27.6 Å². The standard InChI is InChI=1S/C16H13ClN2O2/c1-21-15-7-6-12(10-14(15)17)19-16(20)13-5-3-2-4-11(13)8-9-18/h2-7,10H,8H2,1H3,(H,19,20). The summed E-state index contributed by atoms with van der Waals surface area (Å²) in [5.41, 5.74) is 1.74. The summed E-state index contributed by atoms with van der Waals surface area (Å²) in [5, 5.41) is 12.0. The fourth-order valence-electron chi connectivity index (χ4n) is 1.92. The van der Waals surface area contributed by atoms with Crippen LogP contribution in [0.2, 0.25) is 5.02 Å². The van der Waals surface area contributed by atoms with Crippen molar-refractivity contribution in [3.8, 4) is 11.8 Å². The predicted octanol–water partition coefficient (Wildman–Crippen LogP) is 3.67. The largest absolute Gasteiger partial charge is 0.495 e. The van der Waals surface area contributed by atoms with Gasteiger partial charge >= 0.3 is 0 Å². The molecule has 1 amide bonds. The highest BCUT2D eigenvalue weighted by Gasteiger charge is 2.11. The molecule has 0 aliphatic rings. The Labute approximate surface area is 127 Å². The first kappa shape index (κ1) is 14.9. The van der Waals surface area contributed by atoms with Crippen LogP contribution in [0.15, 0.2) is 42.5 Å². The number of anilines is 1. The van der Waals surface area contributed by atoms with E-state index in [4.69, 9.17) is 21.6 Å². The van der Waals surface area contributed by atoms with E-state index >= 15 is 0 Å². The first-order valence-corrected chi connectivity index (χ1v) is 6.63. The summed E-state index contributed by atoms with van der Waals surface area (Å²) in [6, 6.07) is 14.1. The molecule has 0 fully saturated rings. The fourth-order valence-corrected chi connectivity index (χ4v) is 2.18. The lowest BCUT2D eigenvalue weighted by Crippen LogP contribution is -2.14. The molecule has 0 saturated heterocycles. The molecule has 2 aromatic carbocycles. The van der Waals surface area contributed by atoms with Crippen molar-refractivity contribution in [1.82, 2.24) is 0 Å². The van der Waals surface area contributed by atoms with Gasteiger partial charge in [-0.05, 0) is 29.8 Å². The van der Waals surface area contributed by atoms with Crippen molar-refractivity contribution in [3.05, 3.63) is 58.6 Å². The van der Waals surface area contributed by atoms with Crippen LogP contribution < -0.4 is 10.1 Å². The molecule has 0 aromatic heterocycles. The summed E-state index contributed by atoms with van der Waals surface area (Å²) in [6.45, 7) is 0. The summed E-state index contributed by atoms with van der Waals surface area (Å²) in [4.78, 5) is 12.3. The zero-order valence-corrected chi connectivity index (χ0v) is 12.1. The van der Waals surface area contributed by atoms with Crippen LogP contribution in [0, 0.1) is 11.3 Å². The lowest BCUT2D eigenvalue weighted by molar-refractivity contribution is 0.102. The third kappa shape index (κ3) is 3.53. The summed E-state index contributed by atoms with van der Waals surface area (Å²) in [7, 11) is 1.53. The summed E-state index contributed by atoms with van der Waals surface area (Å²) >= 11 is 6.02. The number of nitrogens with one attached hydrogen (secondary N) is 1. The molecule has 5 heteroatoms. The third-order valence-electron chi connectivity index (χ3n) is 2.94. The van der Waals surface area contributed by atoms with Crippen LogP contribution in [-0.4, -0.2) is 13.0 Å². The van der Waals surface area contributed by atoms with E-state index in [1.54, 1.807) is 42.5 Å². The number of nitrogens with zero attached hydrogens (tertiary/aromatic N) is 1. The Kier molecular flexibility index (Phi) is 4.81. The van der Waals surface area contributed by atoms with Gasteiger partial charge in [-0.2, -0.15) is 5.26 Å². The predicted molar refractivity (Wildman–Crippen MR) is 81.7 cm³/mol. The Morgan fingerprint density at radius 2 is 2.10 bits per heavy atom. The van der Waals surface area contributed by atoms with Crippen molar-refractivity contribution in [2.75, 3.05) is 12.4 Å². The minimum Gasteiger partial charge on any atom is -0.495 e. The van der Waals surface area contributed by atoms with Gasteiger partial charge in [-0.3, -0.25) is 4.79 Å². The second-order valence-corrected chi connectivity index (χ2v) is 4.70. The van der Waals surface area contributed by atoms with Gasteiger partial charge in [0.25, 0.3) is 5.91 Å². The highest BCUT2D eigenvalue weighted by molar-refractivity contribution is 6.32. The van der Waals surface area contributed by atoms with Crippen molar-refractivity contribution in [1.29, 1.82) is 5.26 Å². The molecule has 2 rings (SSSR count). The van der Waals surface area contributed by atoms with Crippen LogP contribution in [0.5, 0.6) is 5.75 Å². The first-order chi connectivity index (χ1) is 10.2. The zero-order chi connectivity index (χ0) is 15.2. The number of amides is 1. The van der Waals surface area contributed by atoms with Gasteiger partial charge in [-0.25, -0.2) is 0 Å². The number of hydrogen-bond donors (Lipinski definition) is 1. The molecule has 0 bridgehead atoms. The van der Waals surface area contributed by atoms with Crippen LogP contribution in [0.25, 0.3) is 0 Å². The van der Waals surface area contributed by atoms with Gasteiger partial charge < -0.3 is 10.1 Å². The van der Waals surface area contributed by atoms with Gasteiger partial charge in [0.15, 0.2) is 0 Å². The fraction of sp³-hybridized carbons (Fsp3) is 0.125. The lowest BCUT2D eigenvalue weighted by Gasteiger charge is -2.10. The number of methoxy groups -OCH3 is 1. The lowest BCUT2D eigenvalue weighted by atomic mass is 10.0. The summed E-state index contributed by atoms with van der Waals surface area (Å²) in [6.07, 6.45) is 0.187. The Balaban J connectivity index is 2.22. The van der Waals surface area contributed by atoms with Crippen molar-refractivity contribution in [2.45, 2.75) is 6.42 Å². The molecule has 21 heavy (non-hydrogen) atoms. The molecule has 4 nitrogen and oxygen atoms in total. The molecule has 0 unspecified atom stereocenters. The van der Waals surface area contributed by atoms with E-state index in [9.17, 15) is 4.79 Å². The minimum atomic E-state index is -0.276. The van der Waals surface area contributed by atoms with E-state index in [2.05, 4.69) is 5.32 Å². The number of ether oxygens (including phenoxy) is 1. The molecule has 0 saturated carbocycles. The highest BCUT2D eigenvalue weighted by Crippen LogP contribution is 2.27. The van der Waals surface area contributed by atoms with Crippen LogP contribution in [0.1, 0.15) is 15.9 Å². The maximum atomic E-state index is 12.3. The number of rotatable bonds is 4. The SMILES string of the molecule is COc1ccc(NC(=O)c2ccccc2CC#N)cc1Cl. The average Bonchev–Trinajstić information content (AvgIpc) is 2.48. The Morgan fingerprint density at radius 3 is 2.76 bits per heavy atom. The van der Waals surface area contributed by atoms with Gasteiger partial charge in [0.1, 0.15) is 5.75 Å². The molecular formula is C16H13ClN2O2. The van der Waals surface area contributed by atoms with Gasteiger partial charge in [0, 0.05) is 11.3 Å². The van der Waals surface area contributed by atoms with Crippen LogP contribution in [-0.2, 0) is 6.42 Å². The van der Waals surface area contributed by atoms with E-state index in [0.717, 1.165) is 0 Å². The number of benzene rings is 2. The maximum Gasteiger partial charge on any atom is 0.255 e. The first-order valence-electron chi connectivity index (χ1n) is 6.25. The van der Waals surface area contributed by atoms with E-state index < -0.39 is 0 Å². The maximum absolute atomic E-state index is 12.3. The van der Waals surface area contributed by atoms with Crippen molar-refractivity contribution in [3.63, 3.8) is 0 Å². The Morgan fingerprint density at radius 1 is 1.33 bits per heavy atom. The molecule has 1 N–H and O–H groups in total. The molecule has 0 aliphatic carbocycles. The number of nitriles is 1. The number of hydrogen-bond acceptors (Lipinski definition) is 3. The molecule has 0 atom stereocenters. The van der Waals surface area contributed by atoms with E-state index in [1.807, 2.05) is 6.07 Å². The topological polar surface area (TPSA) is 62.1 Å². The van der Waals surface area contributed by atoms with Gasteiger partial charge in [0.2, 0.25) is 0 Å². The molecule has 0 heterocycles. The van der Waals surface area contributed by atoms with Crippen molar-refractivity contribution in [2.24, 2.45) is 0 Å². The monoisotopic (exact) mass is 300 g/mol. The zero-order valence-electron chi connectivity index (χ0n) is 11.4. The summed E-state index contributed by atoms with van der Waals surface area (Å²) < 4.78 is 5.06. The van der Waals surface area contributed by atoms with Crippen LogP contribution in [0.4, 0.5) is 5.69 Å². The quantitative estimate of drug-likeness (QED) is 0.937. The number of carbonyl (C=O) groups excluding carboxylic acids is 1. The Bertz CT molecular complexity index is 708.